The molecule has 0 N–H and O–H groups in total. The smallest absolute Gasteiger partial charge is 0.338 e. The van der Waals surface area contributed by atoms with Gasteiger partial charge in [-0.1, -0.05) is 12.1 Å². The Labute approximate surface area is 123 Å². The van der Waals surface area contributed by atoms with Crippen molar-refractivity contribution in [2.45, 2.75) is 40.0 Å². The van der Waals surface area contributed by atoms with Gasteiger partial charge in [0.25, 0.3) is 0 Å². The summed E-state index contributed by atoms with van der Waals surface area (Å²) in [5.41, 5.74) is 4.04. The highest BCUT2D eigenvalue weighted by atomic mass is 31.1. The Bertz CT molecular complexity index is 420. The van der Waals surface area contributed by atoms with Gasteiger partial charge in [-0.3, -0.25) is 0 Å². The first-order chi connectivity index (χ1) is 9.60. The van der Waals surface area contributed by atoms with Crippen LogP contribution in [0.3, 0.4) is 0 Å². The van der Waals surface area contributed by atoms with E-state index in [0.717, 1.165) is 35.7 Å². The van der Waals surface area contributed by atoms with Crippen molar-refractivity contribution in [2.75, 3.05) is 19.9 Å². The molecule has 0 aliphatic rings. The zero-order valence-electron chi connectivity index (χ0n) is 12.9. The third-order valence-corrected chi connectivity index (χ3v) is 4.06. The third-order valence-electron chi connectivity index (χ3n) is 3.21. The second kappa shape index (κ2) is 9.10. The van der Waals surface area contributed by atoms with Crippen LogP contribution in [0.1, 0.15) is 46.8 Å². The standard InChI is InChI=1S/C16H25O3P/c1-5-19-16(17)15-12(2)10-14(11-13(15)3)8-6-7-9-20-18-4/h10-11,20H,5-9H2,1-4H3. The molecule has 20 heavy (non-hydrogen) atoms. The fourth-order valence-electron chi connectivity index (χ4n) is 2.35. The molecule has 4 heteroatoms. The highest BCUT2D eigenvalue weighted by molar-refractivity contribution is 7.32. The predicted octanol–water partition coefficient (Wildman–Crippen LogP) is 4.04. The van der Waals surface area contributed by atoms with E-state index in [2.05, 4.69) is 12.1 Å². The van der Waals surface area contributed by atoms with Crippen LogP contribution in [-0.2, 0) is 15.7 Å². The molecule has 0 aliphatic carbocycles. The van der Waals surface area contributed by atoms with Crippen molar-refractivity contribution in [3.05, 3.63) is 34.4 Å². The maximum Gasteiger partial charge on any atom is 0.338 e. The molecule has 0 fully saturated rings. The van der Waals surface area contributed by atoms with Crippen molar-refractivity contribution in [3.8, 4) is 0 Å². The Hall–Kier alpha value is -0.920. The van der Waals surface area contributed by atoms with Crippen LogP contribution in [0.4, 0.5) is 0 Å². The summed E-state index contributed by atoms with van der Waals surface area (Å²) >= 11 is 0. The molecule has 1 atom stereocenters. The molecule has 1 aromatic rings. The number of rotatable bonds is 8. The number of benzene rings is 1. The first-order valence-corrected chi connectivity index (χ1v) is 8.24. The van der Waals surface area contributed by atoms with Crippen LogP contribution in [0.25, 0.3) is 0 Å². The Morgan fingerprint density at radius 3 is 2.40 bits per heavy atom. The number of ether oxygens (including phenoxy) is 1. The fraction of sp³-hybridized carbons (Fsp3) is 0.562. The number of carbonyl (C=O) groups excluding carboxylic acids is 1. The van der Waals surface area contributed by atoms with Crippen molar-refractivity contribution in [1.29, 1.82) is 0 Å². The summed E-state index contributed by atoms with van der Waals surface area (Å²) in [7, 11) is 2.36. The first kappa shape index (κ1) is 17.1. The lowest BCUT2D eigenvalue weighted by Gasteiger charge is -2.11. The van der Waals surface area contributed by atoms with Crippen LogP contribution in [0, 0.1) is 13.8 Å². The molecule has 0 bridgehead atoms. The lowest BCUT2D eigenvalue weighted by Crippen LogP contribution is -2.09. The van der Waals surface area contributed by atoms with Gasteiger partial charge in [-0.2, -0.15) is 0 Å². The highest BCUT2D eigenvalue weighted by Gasteiger charge is 2.14. The van der Waals surface area contributed by atoms with Crippen molar-refractivity contribution in [2.24, 2.45) is 0 Å². The Balaban J connectivity index is 2.66. The minimum absolute atomic E-state index is 0.213. The molecule has 0 radical (unpaired) electrons. The lowest BCUT2D eigenvalue weighted by molar-refractivity contribution is 0.0524. The Kier molecular flexibility index (Phi) is 7.79. The van der Waals surface area contributed by atoms with E-state index < -0.39 is 0 Å². The van der Waals surface area contributed by atoms with Gasteiger partial charge in [0, 0.05) is 15.9 Å². The van der Waals surface area contributed by atoms with Gasteiger partial charge in [-0.15, -0.1) is 0 Å². The van der Waals surface area contributed by atoms with Gasteiger partial charge < -0.3 is 9.26 Å². The molecule has 0 amide bonds. The first-order valence-electron chi connectivity index (χ1n) is 7.13. The van der Waals surface area contributed by atoms with Crippen LogP contribution in [-0.4, -0.2) is 25.8 Å². The van der Waals surface area contributed by atoms with Crippen molar-refractivity contribution < 1.29 is 14.1 Å². The SMILES string of the molecule is CCOC(=O)c1c(C)cc(CCCCPOC)cc1C. The molecular weight excluding hydrogens is 271 g/mol. The average Bonchev–Trinajstić information content (AvgIpc) is 2.38. The van der Waals surface area contributed by atoms with Gasteiger partial charge in [0.2, 0.25) is 0 Å². The molecular formula is C16H25O3P. The largest absolute Gasteiger partial charge is 0.462 e. The number of carbonyl (C=O) groups is 1. The van der Waals surface area contributed by atoms with Gasteiger partial charge in [-0.25, -0.2) is 4.79 Å². The van der Waals surface area contributed by atoms with Gasteiger partial charge >= 0.3 is 5.97 Å². The number of aryl methyl sites for hydroxylation is 3. The van der Waals surface area contributed by atoms with Gasteiger partial charge in [0.15, 0.2) is 0 Å². The van der Waals surface area contributed by atoms with E-state index in [-0.39, 0.29) is 5.97 Å². The van der Waals surface area contributed by atoms with E-state index in [1.807, 2.05) is 20.8 Å². The van der Waals surface area contributed by atoms with Crippen LogP contribution in [0.2, 0.25) is 0 Å². The summed E-state index contributed by atoms with van der Waals surface area (Å²) in [6.07, 6.45) is 4.53. The van der Waals surface area contributed by atoms with E-state index in [1.54, 1.807) is 7.11 Å². The van der Waals surface area contributed by atoms with Crippen LogP contribution >= 0.6 is 8.81 Å². The second-order valence-electron chi connectivity index (χ2n) is 4.88. The summed E-state index contributed by atoms with van der Waals surface area (Å²) < 4.78 is 10.2. The summed E-state index contributed by atoms with van der Waals surface area (Å²) in [4.78, 5) is 11.9. The lowest BCUT2D eigenvalue weighted by atomic mass is 9.97. The van der Waals surface area contributed by atoms with Crippen molar-refractivity contribution >= 4 is 14.8 Å². The number of esters is 1. The zero-order valence-corrected chi connectivity index (χ0v) is 13.9. The molecule has 0 saturated heterocycles. The summed E-state index contributed by atoms with van der Waals surface area (Å²) in [5, 5.41) is 0. The van der Waals surface area contributed by atoms with Gasteiger partial charge in [0.1, 0.15) is 0 Å². The summed E-state index contributed by atoms with van der Waals surface area (Å²) in [6.45, 7) is 6.21. The minimum atomic E-state index is -0.213. The van der Waals surface area contributed by atoms with Crippen molar-refractivity contribution in [3.63, 3.8) is 0 Å². The van der Waals surface area contributed by atoms with Crippen molar-refractivity contribution in [1.82, 2.24) is 0 Å². The Morgan fingerprint density at radius 2 is 1.85 bits per heavy atom. The van der Waals surface area contributed by atoms with E-state index in [1.165, 1.54) is 12.0 Å². The highest BCUT2D eigenvalue weighted by Crippen LogP contribution is 2.20. The summed E-state index contributed by atoms with van der Waals surface area (Å²) in [6, 6.07) is 4.22. The molecule has 0 aliphatic heterocycles. The number of hydrogen-bond acceptors (Lipinski definition) is 3. The fourth-order valence-corrected chi connectivity index (χ4v) is 2.95. The third kappa shape index (κ3) is 5.22. The molecule has 0 saturated carbocycles. The summed E-state index contributed by atoms with van der Waals surface area (Å²) in [5.74, 6) is -0.213. The predicted molar refractivity (Wildman–Crippen MR) is 85.0 cm³/mol. The second-order valence-corrected chi connectivity index (χ2v) is 6.08. The topological polar surface area (TPSA) is 35.5 Å². The molecule has 1 rings (SSSR count). The molecule has 0 aromatic heterocycles. The van der Waals surface area contributed by atoms with E-state index in [9.17, 15) is 4.79 Å². The van der Waals surface area contributed by atoms with Gasteiger partial charge in [-0.05, 0) is 62.9 Å². The molecule has 1 unspecified atom stereocenters. The quantitative estimate of drug-likeness (QED) is 0.412. The average molecular weight is 296 g/mol. The van der Waals surface area contributed by atoms with E-state index >= 15 is 0 Å². The number of unbranched alkanes of at least 4 members (excludes halogenated alkanes) is 1. The van der Waals surface area contributed by atoms with Crippen LogP contribution in [0.5, 0.6) is 0 Å². The molecule has 3 nitrogen and oxygen atoms in total. The normalized spacial score (nSPS) is 11.2. The van der Waals surface area contributed by atoms with Crippen LogP contribution < -0.4 is 0 Å². The minimum Gasteiger partial charge on any atom is -0.462 e. The maximum atomic E-state index is 11.9. The molecule has 1 aromatic carbocycles. The van der Waals surface area contributed by atoms with E-state index in [0.29, 0.717) is 15.4 Å². The van der Waals surface area contributed by atoms with Crippen LogP contribution in [0.15, 0.2) is 12.1 Å². The zero-order chi connectivity index (χ0) is 15.0. The van der Waals surface area contributed by atoms with E-state index in [4.69, 9.17) is 9.26 Å². The molecule has 0 spiro atoms. The molecule has 0 heterocycles. The Morgan fingerprint density at radius 1 is 1.20 bits per heavy atom. The monoisotopic (exact) mass is 296 g/mol. The van der Waals surface area contributed by atoms with Gasteiger partial charge in [0.05, 0.1) is 12.2 Å². The number of hydrogen-bond donors (Lipinski definition) is 0. The molecule has 112 valence electrons. The maximum absolute atomic E-state index is 11.9.